The van der Waals surface area contributed by atoms with E-state index >= 15 is 0 Å². The van der Waals surface area contributed by atoms with Gasteiger partial charge in [-0.05, 0) is 62.1 Å². The smallest absolute Gasteiger partial charge is 0.164 e. The molecular weight excluding hydrogens is 282 g/mol. The Hall–Kier alpha value is -1.41. The fourth-order valence-electron chi connectivity index (χ4n) is 5.73. The van der Waals surface area contributed by atoms with Crippen LogP contribution in [0, 0.1) is 17.8 Å². The second kappa shape index (κ2) is 5.04. The number of carbonyl (C=O) groups excluding carboxylic acids is 1. The van der Waals surface area contributed by atoms with Gasteiger partial charge in [-0.25, -0.2) is 0 Å². The van der Waals surface area contributed by atoms with E-state index in [1.165, 1.54) is 38.0 Å². The van der Waals surface area contributed by atoms with E-state index in [1.54, 1.807) is 0 Å². The van der Waals surface area contributed by atoms with E-state index in [0.29, 0.717) is 5.78 Å². The van der Waals surface area contributed by atoms with Crippen molar-refractivity contribution >= 4 is 5.78 Å². The number of hydrogen-bond acceptors (Lipinski definition) is 2. The highest BCUT2D eigenvalue weighted by molar-refractivity contribution is 6.02. The van der Waals surface area contributed by atoms with Crippen molar-refractivity contribution in [2.45, 2.75) is 37.5 Å². The first-order valence-corrected chi connectivity index (χ1v) is 9.27. The molecule has 1 heterocycles. The number of Topliss-reactive ketones (excluding diaryl/α,β-unsaturated/α-hetero) is 1. The summed E-state index contributed by atoms with van der Waals surface area (Å²) < 4.78 is 0. The maximum absolute atomic E-state index is 12.4. The first-order chi connectivity index (χ1) is 11.2. The molecule has 2 heteroatoms. The van der Waals surface area contributed by atoms with Crippen molar-refractivity contribution in [2.75, 3.05) is 19.6 Å². The van der Waals surface area contributed by atoms with Crippen LogP contribution in [-0.2, 0) is 5.41 Å². The summed E-state index contributed by atoms with van der Waals surface area (Å²) in [5.74, 6) is 2.98. The first kappa shape index (κ1) is 14.0. The van der Waals surface area contributed by atoms with E-state index in [4.69, 9.17) is 0 Å². The van der Waals surface area contributed by atoms with Crippen molar-refractivity contribution in [3.05, 3.63) is 47.5 Å². The van der Waals surface area contributed by atoms with Crippen LogP contribution in [0.2, 0.25) is 0 Å². The minimum Gasteiger partial charge on any atom is -0.303 e. The lowest BCUT2D eigenvalue weighted by atomic mass is 9.73. The van der Waals surface area contributed by atoms with E-state index in [2.05, 4.69) is 29.2 Å². The predicted octanol–water partition coefficient (Wildman–Crippen LogP) is 3.82. The first-order valence-electron chi connectivity index (χ1n) is 9.27. The summed E-state index contributed by atoms with van der Waals surface area (Å²) >= 11 is 0. The van der Waals surface area contributed by atoms with Crippen molar-refractivity contribution in [3.8, 4) is 0 Å². The average molecular weight is 307 g/mol. The molecule has 1 aliphatic heterocycles. The fourth-order valence-corrected chi connectivity index (χ4v) is 5.73. The van der Waals surface area contributed by atoms with Crippen LogP contribution in [0.5, 0.6) is 0 Å². The molecule has 2 fully saturated rings. The van der Waals surface area contributed by atoms with Crippen LogP contribution in [0.25, 0.3) is 0 Å². The zero-order valence-electron chi connectivity index (χ0n) is 13.7. The van der Waals surface area contributed by atoms with Crippen molar-refractivity contribution in [3.63, 3.8) is 0 Å². The van der Waals surface area contributed by atoms with Gasteiger partial charge in [0.05, 0.1) is 0 Å². The standard InChI is InChI=1S/C21H25NO/c23-20-13-21(19-4-2-1-3-18(19)20)7-9-22(10-8-21)14-17-12-15-5-6-16(17)11-15/h1-6,15-17H,7-14H2/t15-,16+,17-/m0/s1. The molecule has 3 aliphatic carbocycles. The van der Waals surface area contributed by atoms with E-state index in [-0.39, 0.29) is 5.41 Å². The Bertz CT molecular complexity index is 668. The lowest BCUT2D eigenvalue weighted by Crippen LogP contribution is -2.44. The fraction of sp³-hybridized carbons (Fsp3) is 0.571. The van der Waals surface area contributed by atoms with Crippen LogP contribution in [-0.4, -0.2) is 30.3 Å². The Morgan fingerprint density at radius 1 is 1.09 bits per heavy atom. The number of nitrogens with zero attached hydrogens (tertiary/aromatic N) is 1. The Morgan fingerprint density at radius 2 is 1.91 bits per heavy atom. The molecule has 1 saturated heterocycles. The minimum atomic E-state index is 0.152. The third kappa shape index (κ3) is 2.15. The number of fused-ring (bicyclic) bond motifs is 4. The Kier molecular flexibility index (Phi) is 3.06. The average Bonchev–Trinajstić information content (AvgIpc) is 3.25. The summed E-state index contributed by atoms with van der Waals surface area (Å²) in [5.41, 5.74) is 2.49. The lowest BCUT2D eigenvalue weighted by molar-refractivity contribution is 0.0919. The van der Waals surface area contributed by atoms with Crippen LogP contribution in [0.3, 0.4) is 0 Å². The normalized spacial score (nSPS) is 34.4. The molecule has 0 radical (unpaired) electrons. The molecule has 2 nitrogen and oxygen atoms in total. The number of carbonyl (C=O) groups is 1. The number of rotatable bonds is 2. The van der Waals surface area contributed by atoms with Crippen LogP contribution >= 0.6 is 0 Å². The van der Waals surface area contributed by atoms with Gasteiger partial charge in [0.1, 0.15) is 0 Å². The van der Waals surface area contributed by atoms with Crippen molar-refractivity contribution in [1.82, 2.24) is 4.90 Å². The second-order valence-corrected chi connectivity index (χ2v) is 8.27. The summed E-state index contributed by atoms with van der Waals surface area (Å²) in [5, 5.41) is 0. The number of piperidine rings is 1. The van der Waals surface area contributed by atoms with Gasteiger partial charge >= 0.3 is 0 Å². The molecule has 3 atom stereocenters. The molecule has 23 heavy (non-hydrogen) atoms. The molecule has 4 aliphatic rings. The summed E-state index contributed by atoms with van der Waals surface area (Å²) in [6, 6.07) is 8.34. The van der Waals surface area contributed by atoms with E-state index in [0.717, 1.165) is 42.6 Å². The molecule has 5 rings (SSSR count). The third-order valence-electron chi connectivity index (χ3n) is 7.02. The number of hydrogen-bond donors (Lipinski definition) is 0. The summed E-state index contributed by atoms with van der Waals surface area (Å²) in [7, 11) is 0. The molecular formula is C21H25NO. The number of allylic oxidation sites excluding steroid dienone is 2. The van der Waals surface area contributed by atoms with Gasteiger partial charge < -0.3 is 4.90 Å². The van der Waals surface area contributed by atoms with Gasteiger partial charge in [-0.2, -0.15) is 0 Å². The number of likely N-dealkylation sites (tertiary alicyclic amines) is 1. The van der Waals surface area contributed by atoms with Crippen LogP contribution in [0.15, 0.2) is 36.4 Å². The Labute approximate surface area is 138 Å². The summed E-state index contributed by atoms with van der Waals surface area (Å²) in [6.45, 7) is 3.61. The van der Waals surface area contributed by atoms with Crippen LogP contribution in [0.4, 0.5) is 0 Å². The van der Waals surface area contributed by atoms with Gasteiger partial charge in [0.25, 0.3) is 0 Å². The highest BCUT2D eigenvalue weighted by Crippen LogP contribution is 2.47. The second-order valence-electron chi connectivity index (χ2n) is 8.27. The Morgan fingerprint density at radius 3 is 2.65 bits per heavy atom. The minimum absolute atomic E-state index is 0.152. The summed E-state index contributed by atoms with van der Waals surface area (Å²) in [6.07, 6.45) is 10.8. The Balaban J connectivity index is 1.28. The van der Waals surface area contributed by atoms with Crippen molar-refractivity contribution in [2.24, 2.45) is 17.8 Å². The number of benzene rings is 1. The molecule has 0 aromatic heterocycles. The van der Waals surface area contributed by atoms with Crippen LogP contribution < -0.4 is 0 Å². The molecule has 1 aromatic rings. The van der Waals surface area contributed by atoms with Crippen molar-refractivity contribution < 1.29 is 4.79 Å². The van der Waals surface area contributed by atoms with Gasteiger partial charge in [0, 0.05) is 23.9 Å². The van der Waals surface area contributed by atoms with Crippen LogP contribution in [0.1, 0.15) is 48.0 Å². The number of ketones is 1. The van der Waals surface area contributed by atoms with Crippen molar-refractivity contribution in [1.29, 1.82) is 0 Å². The maximum atomic E-state index is 12.4. The third-order valence-corrected chi connectivity index (χ3v) is 7.02. The largest absolute Gasteiger partial charge is 0.303 e. The molecule has 2 bridgehead atoms. The summed E-state index contributed by atoms with van der Waals surface area (Å²) in [4.78, 5) is 15.0. The van der Waals surface area contributed by atoms with Gasteiger partial charge in [-0.1, -0.05) is 36.4 Å². The van der Waals surface area contributed by atoms with Gasteiger partial charge in [0.2, 0.25) is 0 Å². The van der Waals surface area contributed by atoms with E-state index in [1.807, 2.05) is 12.1 Å². The molecule has 120 valence electrons. The molecule has 1 aromatic carbocycles. The molecule has 0 unspecified atom stereocenters. The van der Waals surface area contributed by atoms with Gasteiger partial charge in [-0.15, -0.1) is 0 Å². The SMILES string of the molecule is O=C1CC2(CCN(C[C@@H]3C[C@H]4C=C[C@@H]3C4)CC2)c2ccccc21. The maximum Gasteiger partial charge on any atom is 0.164 e. The molecule has 0 N–H and O–H groups in total. The van der Waals surface area contributed by atoms with E-state index in [9.17, 15) is 4.79 Å². The predicted molar refractivity (Wildman–Crippen MR) is 91.6 cm³/mol. The molecule has 1 saturated carbocycles. The highest BCUT2D eigenvalue weighted by Gasteiger charge is 2.45. The molecule has 0 amide bonds. The monoisotopic (exact) mass is 307 g/mol. The zero-order chi connectivity index (χ0) is 15.4. The van der Waals surface area contributed by atoms with Gasteiger partial charge in [0.15, 0.2) is 5.78 Å². The zero-order valence-corrected chi connectivity index (χ0v) is 13.7. The topological polar surface area (TPSA) is 20.3 Å². The molecule has 1 spiro atoms. The lowest BCUT2D eigenvalue weighted by Gasteiger charge is -2.41. The quantitative estimate of drug-likeness (QED) is 0.774. The highest BCUT2D eigenvalue weighted by atomic mass is 16.1. The van der Waals surface area contributed by atoms with Gasteiger partial charge in [-0.3, -0.25) is 4.79 Å². The van der Waals surface area contributed by atoms with E-state index < -0.39 is 0 Å².